The third-order valence-electron chi connectivity index (χ3n) is 6.32. The van der Waals surface area contributed by atoms with E-state index in [4.69, 9.17) is 0 Å². The molecule has 6 heteroatoms. The summed E-state index contributed by atoms with van der Waals surface area (Å²) in [6.45, 7) is 3.82. The second kappa shape index (κ2) is 5.92. The van der Waals surface area contributed by atoms with Crippen LogP contribution in [-0.4, -0.2) is 22.4 Å². The zero-order valence-corrected chi connectivity index (χ0v) is 15.8. The highest BCUT2D eigenvalue weighted by atomic mass is 16.2. The molecule has 2 fully saturated rings. The van der Waals surface area contributed by atoms with E-state index in [1.165, 1.54) is 4.90 Å². The van der Waals surface area contributed by atoms with Crippen LogP contribution in [0.5, 0.6) is 0 Å². The van der Waals surface area contributed by atoms with Gasteiger partial charge in [-0.05, 0) is 62.4 Å². The van der Waals surface area contributed by atoms with Gasteiger partial charge in [0.05, 0.1) is 17.5 Å². The Morgan fingerprint density at radius 1 is 0.964 bits per heavy atom. The molecule has 2 bridgehead atoms. The van der Waals surface area contributed by atoms with E-state index in [0.717, 1.165) is 17.8 Å². The molecule has 0 spiro atoms. The average molecular weight is 375 g/mol. The first-order valence-electron chi connectivity index (χ1n) is 9.58. The van der Waals surface area contributed by atoms with Crippen molar-refractivity contribution in [3.05, 3.63) is 65.5 Å². The largest absolute Gasteiger partial charge is 0.274 e. The quantitative estimate of drug-likeness (QED) is 0.662. The van der Waals surface area contributed by atoms with E-state index in [0.29, 0.717) is 11.3 Å². The fourth-order valence-corrected chi connectivity index (χ4v) is 4.95. The predicted molar refractivity (Wildman–Crippen MR) is 104 cm³/mol. The Balaban J connectivity index is 1.43. The molecular weight excluding hydrogens is 354 g/mol. The Hall–Kier alpha value is -3.15. The summed E-state index contributed by atoms with van der Waals surface area (Å²) in [5.74, 6) is -0.714. The number of benzene rings is 1. The van der Waals surface area contributed by atoms with Gasteiger partial charge in [0.1, 0.15) is 0 Å². The van der Waals surface area contributed by atoms with E-state index in [2.05, 4.69) is 17.6 Å². The number of fused-ring (bicyclic) bond motifs is 5. The number of hydrogen-bond donors (Lipinski definition) is 1. The monoisotopic (exact) mass is 375 g/mol. The van der Waals surface area contributed by atoms with Crippen LogP contribution in [0.15, 0.2) is 48.6 Å². The number of hydrogen-bond acceptors (Lipinski definition) is 3. The number of imide groups is 1. The molecule has 5 rings (SSSR count). The molecule has 2 aromatic rings. The van der Waals surface area contributed by atoms with Crippen molar-refractivity contribution in [2.24, 2.45) is 23.7 Å². The van der Waals surface area contributed by atoms with E-state index < -0.39 is 0 Å². The van der Waals surface area contributed by atoms with E-state index in [1.807, 2.05) is 26.0 Å². The Bertz CT molecular complexity index is 1000. The topological polar surface area (TPSA) is 71.4 Å². The van der Waals surface area contributed by atoms with E-state index >= 15 is 0 Å². The van der Waals surface area contributed by atoms with Crippen molar-refractivity contribution in [3.8, 4) is 0 Å². The first-order valence-corrected chi connectivity index (χ1v) is 9.58. The van der Waals surface area contributed by atoms with Gasteiger partial charge in [-0.1, -0.05) is 18.2 Å². The van der Waals surface area contributed by atoms with Crippen LogP contribution in [0.4, 0.5) is 5.69 Å². The fourth-order valence-electron chi connectivity index (χ4n) is 4.95. The molecule has 3 amide bonds. The highest BCUT2D eigenvalue weighted by Crippen LogP contribution is 2.53. The van der Waals surface area contributed by atoms with Crippen LogP contribution in [-0.2, 0) is 9.59 Å². The minimum Gasteiger partial charge on any atom is -0.274 e. The number of aromatic nitrogens is 1. The van der Waals surface area contributed by atoms with Crippen LogP contribution in [0.1, 0.15) is 28.2 Å². The maximum atomic E-state index is 13.0. The molecule has 1 saturated heterocycles. The molecule has 1 aromatic heterocycles. The zero-order valence-electron chi connectivity index (χ0n) is 15.8. The summed E-state index contributed by atoms with van der Waals surface area (Å²) in [5, 5.41) is 0. The van der Waals surface area contributed by atoms with Gasteiger partial charge < -0.3 is 0 Å². The lowest BCUT2D eigenvalue weighted by atomic mass is 9.85. The van der Waals surface area contributed by atoms with Crippen molar-refractivity contribution >= 4 is 23.4 Å². The molecule has 1 N–H and O–H groups in total. The standard InChI is InChI=1S/C22H21N3O3/c1-12-6-7-13(2)25(12)23-20(26)16-4-3-5-17(11-16)24-21(27)18-14-8-9-15(10-14)19(18)22(24)28/h3-9,11,14-15,18-19H,10H2,1-2H3,(H,23,26)/t14-,15-,18-,19+/m0/s1. The van der Waals surface area contributed by atoms with E-state index in [-0.39, 0.29) is 41.4 Å². The second-order valence-electron chi connectivity index (χ2n) is 7.95. The first-order chi connectivity index (χ1) is 13.5. The second-order valence-corrected chi connectivity index (χ2v) is 7.95. The summed E-state index contributed by atoms with van der Waals surface area (Å²) in [6, 6.07) is 10.6. The Kier molecular flexibility index (Phi) is 3.59. The van der Waals surface area contributed by atoms with Gasteiger partial charge in [-0.15, -0.1) is 0 Å². The summed E-state index contributed by atoms with van der Waals surface area (Å²) in [5.41, 5.74) is 5.57. The lowest BCUT2D eigenvalue weighted by molar-refractivity contribution is -0.123. The van der Waals surface area contributed by atoms with Crippen LogP contribution >= 0.6 is 0 Å². The number of amides is 3. The summed E-state index contributed by atoms with van der Waals surface area (Å²) in [6.07, 6.45) is 5.05. The molecule has 1 aliphatic heterocycles. The third-order valence-corrected chi connectivity index (χ3v) is 6.32. The lowest BCUT2D eigenvalue weighted by Crippen LogP contribution is -2.33. The zero-order chi connectivity index (χ0) is 19.6. The van der Waals surface area contributed by atoms with Crippen molar-refractivity contribution in [2.75, 3.05) is 10.3 Å². The normalized spacial score (nSPS) is 27.6. The molecule has 142 valence electrons. The van der Waals surface area contributed by atoms with Gasteiger partial charge in [-0.25, -0.2) is 4.90 Å². The molecule has 6 nitrogen and oxygen atoms in total. The van der Waals surface area contributed by atoms with Gasteiger partial charge >= 0.3 is 0 Å². The SMILES string of the molecule is Cc1ccc(C)n1NC(=O)c1cccc(N2C(=O)[C@@H]3[C@H](C2=O)[C@H]2C=C[C@H]3C2)c1. The van der Waals surface area contributed by atoms with Crippen molar-refractivity contribution < 1.29 is 14.4 Å². The fraction of sp³-hybridized carbons (Fsp3) is 0.318. The highest BCUT2D eigenvalue weighted by molar-refractivity contribution is 6.23. The van der Waals surface area contributed by atoms with Crippen LogP contribution in [0.25, 0.3) is 0 Å². The maximum Gasteiger partial charge on any atom is 0.270 e. The van der Waals surface area contributed by atoms with Crippen molar-refractivity contribution in [2.45, 2.75) is 20.3 Å². The van der Waals surface area contributed by atoms with Crippen molar-refractivity contribution in [1.82, 2.24) is 4.68 Å². The third kappa shape index (κ3) is 2.30. The number of aryl methyl sites for hydroxylation is 2. The summed E-state index contributed by atoms with van der Waals surface area (Å²) in [4.78, 5) is 40.0. The number of nitrogens with zero attached hydrogens (tertiary/aromatic N) is 2. The van der Waals surface area contributed by atoms with Gasteiger partial charge in [-0.2, -0.15) is 0 Å². The summed E-state index contributed by atoms with van der Waals surface area (Å²) >= 11 is 0. The molecule has 2 aliphatic carbocycles. The van der Waals surface area contributed by atoms with Crippen LogP contribution in [0.3, 0.4) is 0 Å². The predicted octanol–water partition coefficient (Wildman–Crippen LogP) is 2.80. The minimum absolute atomic E-state index is 0.137. The molecule has 0 unspecified atom stereocenters. The number of nitrogens with one attached hydrogen (secondary N) is 1. The van der Waals surface area contributed by atoms with Crippen LogP contribution < -0.4 is 10.3 Å². The van der Waals surface area contributed by atoms with Crippen LogP contribution in [0.2, 0.25) is 0 Å². The van der Waals surface area contributed by atoms with E-state index in [9.17, 15) is 14.4 Å². The van der Waals surface area contributed by atoms with Gasteiger partial charge in [0.2, 0.25) is 11.8 Å². The number of rotatable bonds is 3. The van der Waals surface area contributed by atoms with Gasteiger partial charge in [0, 0.05) is 17.0 Å². The first kappa shape index (κ1) is 17.0. The Morgan fingerprint density at radius 2 is 1.57 bits per heavy atom. The molecule has 1 aromatic carbocycles. The molecule has 3 aliphatic rings. The Morgan fingerprint density at radius 3 is 2.18 bits per heavy atom. The lowest BCUT2D eigenvalue weighted by Gasteiger charge is -2.18. The molecule has 2 heterocycles. The maximum absolute atomic E-state index is 13.0. The van der Waals surface area contributed by atoms with Gasteiger partial charge in [-0.3, -0.25) is 24.5 Å². The highest BCUT2D eigenvalue weighted by Gasteiger charge is 2.59. The van der Waals surface area contributed by atoms with Gasteiger partial charge in [0.25, 0.3) is 5.91 Å². The molecule has 0 radical (unpaired) electrons. The minimum atomic E-state index is -0.287. The summed E-state index contributed by atoms with van der Waals surface area (Å²) < 4.78 is 1.72. The number of allylic oxidation sites excluding steroid dienone is 2. The molecule has 1 saturated carbocycles. The average Bonchev–Trinajstić information content (AvgIpc) is 3.43. The molecule has 28 heavy (non-hydrogen) atoms. The molecule has 4 atom stereocenters. The number of carbonyl (C=O) groups excluding carboxylic acids is 3. The van der Waals surface area contributed by atoms with Crippen LogP contribution in [0, 0.1) is 37.5 Å². The molecular formula is C22H21N3O3. The van der Waals surface area contributed by atoms with E-state index in [1.54, 1.807) is 28.9 Å². The number of carbonyl (C=O) groups is 3. The smallest absolute Gasteiger partial charge is 0.270 e. The Labute approximate surface area is 162 Å². The van der Waals surface area contributed by atoms with Crippen molar-refractivity contribution in [1.29, 1.82) is 0 Å². The number of anilines is 1. The summed E-state index contributed by atoms with van der Waals surface area (Å²) in [7, 11) is 0. The van der Waals surface area contributed by atoms with Crippen molar-refractivity contribution in [3.63, 3.8) is 0 Å². The van der Waals surface area contributed by atoms with Gasteiger partial charge in [0.15, 0.2) is 0 Å².